The summed E-state index contributed by atoms with van der Waals surface area (Å²) >= 11 is 0. The van der Waals surface area contributed by atoms with Crippen LogP contribution in [-0.2, 0) is 6.42 Å². The number of fused-ring (bicyclic) bond motifs is 1. The maximum absolute atomic E-state index is 6.05. The summed E-state index contributed by atoms with van der Waals surface area (Å²) < 4.78 is 6.05. The molecule has 1 N–H and O–H groups in total. The Hall–Kier alpha value is -1.06. The van der Waals surface area contributed by atoms with Crippen molar-refractivity contribution in [2.75, 3.05) is 39.8 Å². The zero-order valence-corrected chi connectivity index (χ0v) is 14.1. The predicted molar refractivity (Wildman–Crippen MR) is 91.5 cm³/mol. The Labute approximate surface area is 135 Å². The van der Waals surface area contributed by atoms with Gasteiger partial charge >= 0.3 is 0 Å². The van der Waals surface area contributed by atoms with E-state index in [1.807, 2.05) is 0 Å². The van der Waals surface area contributed by atoms with Gasteiger partial charge in [-0.2, -0.15) is 0 Å². The average Bonchev–Trinajstić information content (AvgIpc) is 2.73. The third-order valence-electron chi connectivity index (χ3n) is 5.45. The highest BCUT2D eigenvalue weighted by Crippen LogP contribution is 2.31. The van der Waals surface area contributed by atoms with Crippen molar-refractivity contribution in [1.82, 2.24) is 10.2 Å². The fourth-order valence-electron chi connectivity index (χ4n) is 3.89. The van der Waals surface area contributed by atoms with E-state index in [0.717, 1.165) is 25.3 Å². The Morgan fingerprint density at radius 2 is 2.05 bits per heavy atom. The maximum Gasteiger partial charge on any atom is 0.122 e. The van der Waals surface area contributed by atoms with Crippen LogP contribution in [0, 0.1) is 11.3 Å². The van der Waals surface area contributed by atoms with E-state index in [1.54, 1.807) is 0 Å². The van der Waals surface area contributed by atoms with Gasteiger partial charge in [-0.1, -0.05) is 25.1 Å². The van der Waals surface area contributed by atoms with Crippen LogP contribution in [0.3, 0.4) is 0 Å². The number of likely N-dealkylation sites (tertiary alicyclic amines) is 1. The summed E-state index contributed by atoms with van der Waals surface area (Å²) in [5.74, 6) is 1.77. The normalized spacial score (nSPS) is 25.1. The lowest BCUT2D eigenvalue weighted by molar-refractivity contribution is 0.0932. The monoisotopic (exact) mass is 302 g/mol. The van der Waals surface area contributed by atoms with Crippen LogP contribution in [0.5, 0.6) is 5.75 Å². The molecule has 3 nitrogen and oxygen atoms in total. The molecule has 0 spiro atoms. The lowest BCUT2D eigenvalue weighted by Crippen LogP contribution is -2.44. The van der Waals surface area contributed by atoms with Gasteiger partial charge in [0.1, 0.15) is 5.75 Å². The van der Waals surface area contributed by atoms with Crippen LogP contribution in [-0.4, -0.2) is 44.7 Å². The molecular formula is C19H30N2O. The summed E-state index contributed by atoms with van der Waals surface area (Å²) in [5.41, 5.74) is 1.87. The van der Waals surface area contributed by atoms with Crippen LogP contribution in [0.15, 0.2) is 24.3 Å². The van der Waals surface area contributed by atoms with Gasteiger partial charge in [0, 0.05) is 19.0 Å². The lowest BCUT2D eigenvalue weighted by atomic mass is 9.80. The molecule has 1 atom stereocenters. The van der Waals surface area contributed by atoms with E-state index in [4.69, 9.17) is 4.74 Å². The van der Waals surface area contributed by atoms with Gasteiger partial charge in [-0.25, -0.2) is 0 Å². The average molecular weight is 302 g/mol. The Kier molecular flexibility index (Phi) is 5.04. The minimum atomic E-state index is 0.488. The molecule has 0 unspecified atom stereocenters. The molecule has 0 saturated carbocycles. The van der Waals surface area contributed by atoms with Crippen molar-refractivity contribution < 1.29 is 4.74 Å². The molecule has 2 aliphatic heterocycles. The summed E-state index contributed by atoms with van der Waals surface area (Å²) in [4.78, 5) is 2.65. The number of para-hydroxylation sites is 1. The molecule has 2 aliphatic rings. The largest absolute Gasteiger partial charge is 0.493 e. The zero-order valence-electron chi connectivity index (χ0n) is 14.1. The molecule has 122 valence electrons. The standard InChI is InChI=1S/C19H30N2O/c1-19(15-20-2)9-11-21(12-10-19)13-16-7-8-17-5-3-4-6-18(17)22-14-16/h3-6,16,20H,7-15H2,1-2H3/t16-/m0/s1. The van der Waals surface area contributed by atoms with Crippen LogP contribution in [0.25, 0.3) is 0 Å². The number of nitrogens with one attached hydrogen (secondary N) is 1. The Balaban J connectivity index is 1.49. The van der Waals surface area contributed by atoms with Gasteiger partial charge in [-0.3, -0.25) is 0 Å². The summed E-state index contributed by atoms with van der Waals surface area (Å²) in [5, 5.41) is 3.35. The van der Waals surface area contributed by atoms with Crippen molar-refractivity contribution in [2.24, 2.45) is 11.3 Å². The van der Waals surface area contributed by atoms with Crippen molar-refractivity contribution in [2.45, 2.75) is 32.6 Å². The van der Waals surface area contributed by atoms with Gasteiger partial charge in [-0.05, 0) is 62.9 Å². The first-order valence-electron chi connectivity index (χ1n) is 8.76. The molecule has 1 fully saturated rings. The molecule has 22 heavy (non-hydrogen) atoms. The SMILES string of the molecule is CNCC1(C)CCN(C[C@@H]2CCc3ccccc3OC2)CC1. The molecule has 0 aromatic heterocycles. The quantitative estimate of drug-likeness (QED) is 0.925. The van der Waals surface area contributed by atoms with E-state index in [1.165, 1.54) is 44.5 Å². The van der Waals surface area contributed by atoms with Crippen LogP contribution >= 0.6 is 0 Å². The fraction of sp³-hybridized carbons (Fsp3) is 0.684. The van der Waals surface area contributed by atoms with E-state index in [0.29, 0.717) is 11.3 Å². The molecule has 1 aromatic carbocycles. The minimum absolute atomic E-state index is 0.488. The first-order chi connectivity index (χ1) is 10.7. The minimum Gasteiger partial charge on any atom is -0.493 e. The highest BCUT2D eigenvalue weighted by atomic mass is 16.5. The lowest BCUT2D eigenvalue weighted by Gasteiger charge is -2.40. The second-order valence-electron chi connectivity index (χ2n) is 7.47. The van der Waals surface area contributed by atoms with Crippen LogP contribution < -0.4 is 10.1 Å². The number of piperidine rings is 1. The molecule has 0 radical (unpaired) electrons. The maximum atomic E-state index is 6.05. The van der Waals surface area contributed by atoms with Gasteiger partial charge in [0.25, 0.3) is 0 Å². The van der Waals surface area contributed by atoms with Crippen molar-refractivity contribution >= 4 is 0 Å². The van der Waals surface area contributed by atoms with E-state index in [9.17, 15) is 0 Å². The molecule has 1 aromatic rings. The van der Waals surface area contributed by atoms with Gasteiger partial charge in [0.2, 0.25) is 0 Å². The van der Waals surface area contributed by atoms with E-state index >= 15 is 0 Å². The van der Waals surface area contributed by atoms with Crippen LogP contribution in [0.1, 0.15) is 31.7 Å². The van der Waals surface area contributed by atoms with Crippen LogP contribution in [0.2, 0.25) is 0 Å². The predicted octanol–water partition coefficient (Wildman–Crippen LogP) is 2.95. The van der Waals surface area contributed by atoms with E-state index in [2.05, 4.69) is 48.5 Å². The van der Waals surface area contributed by atoms with Crippen molar-refractivity contribution in [3.8, 4) is 5.75 Å². The number of hydrogen-bond acceptors (Lipinski definition) is 3. The molecule has 0 bridgehead atoms. The highest BCUT2D eigenvalue weighted by molar-refractivity contribution is 5.34. The third-order valence-corrected chi connectivity index (χ3v) is 5.45. The number of benzene rings is 1. The number of aryl methyl sites for hydroxylation is 1. The number of rotatable bonds is 4. The van der Waals surface area contributed by atoms with Crippen molar-refractivity contribution in [3.63, 3.8) is 0 Å². The van der Waals surface area contributed by atoms with Gasteiger partial charge < -0.3 is 15.0 Å². The molecule has 3 rings (SSSR count). The van der Waals surface area contributed by atoms with Crippen LogP contribution in [0.4, 0.5) is 0 Å². The zero-order chi connectivity index (χ0) is 15.4. The second-order valence-corrected chi connectivity index (χ2v) is 7.47. The number of hydrogen-bond donors (Lipinski definition) is 1. The van der Waals surface area contributed by atoms with E-state index < -0.39 is 0 Å². The molecule has 0 aliphatic carbocycles. The number of nitrogens with zero attached hydrogens (tertiary/aromatic N) is 1. The smallest absolute Gasteiger partial charge is 0.122 e. The summed E-state index contributed by atoms with van der Waals surface area (Å²) in [6.45, 7) is 8.11. The molecule has 3 heteroatoms. The van der Waals surface area contributed by atoms with Gasteiger partial charge in [0.15, 0.2) is 0 Å². The second kappa shape index (κ2) is 7.01. The number of ether oxygens (including phenoxy) is 1. The molecule has 0 amide bonds. The fourth-order valence-corrected chi connectivity index (χ4v) is 3.89. The molecule has 1 saturated heterocycles. The topological polar surface area (TPSA) is 24.5 Å². The van der Waals surface area contributed by atoms with Gasteiger partial charge in [0.05, 0.1) is 6.61 Å². The molecule has 2 heterocycles. The summed E-state index contributed by atoms with van der Waals surface area (Å²) in [6, 6.07) is 8.52. The van der Waals surface area contributed by atoms with Crippen molar-refractivity contribution in [3.05, 3.63) is 29.8 Å². The molecular weight excluding hydrogens is 272 g/mol. The van der Waals surface area contributed by atoms with Gasteiger partial charge in [-0.15, -0.1) is 0 Å². The van der Waals surface area contributed by atoms with E-state index in [-0.39, 0.29) is 0 Å². The highest BCUT2D eigenvalue weighted by Gasteiger charge is 2.30. The Bertz CT molecular complexity index is 453. The summed E-state index contributed by atoms with van der Waals surface area (Å²) in [6.07, 6.45) is 5.02. The first kappa shape index (κ1) is 15.8. The first-order valence-corrected chi connectivity index (χ1v) is 8.76. The Morgan fingerprint density at radius 1 is 1.27 bits per heavy atom. The third kappa shape index (κ3) is 3.82. The Morgan fingerprint density at radius 3 is 2.82 bits per heavy atom. The summed E-state index contributed by atoms with van der Waals surface area (Å²) in [7, 11) is 2.07. The van der Waals surface area contributed by atoms with Crippen molar-refractivity contribution in [1.29, 1.82) is 0 Å².